The Morgan fingerprint density at radius 2 is 1.46 bits per heavy atom. The molecule has 7 aliphatic rings. The highest BCUT2D eigenvalue weighted by atomic mass is 16.6. The molecule has 7 fully saturated rings. The summed E-state index contributed by atoms with van der Waals surface area (Å²) in [5, 5.41) is 0. The molecule has 6 aliphatic carbocycles. The smallest absolute Gasteiger partial charge is 0.309 e. The van der Waals surface area contributed by atoms with E-state index in [9.17, 15) is 14.4 Å². The van der Waals surface area contributed by atoms with Gasteiger partial charge in [-0.1, -0.05) is 27.7 Å². The molecule has 1 saturated heterocycles. The van der Waals surface area contributed by atoms with Crippen molar-refractivity contribution in [3.63, 3.8) is 0 Å². The zero-order valence-corrected chi connectivity index (χ0v) is 23.8. The molecule has 6 nitrogen and oxygen atoms in total. The van der Waals surface area contributed by atoms with Crippen molar-refractivity contribution in [1.29, 1.82) is 0 Å². The molecule has 0 aromatic carbocycles. The first-order valence-corrected chi connectivity index (χ1v) is 15.1. The van der Waals surface area contributed by atoms with E-state index in [-0.39, 0.29) is 58.9 Å². The lowest BCUT2D eigenvalue weighted by Crippen LogP contribution is -2.57. The summed E-state index contributed by atoms with van der Waals surface area (Å²) in [4.78, 5) is 35.6. The Morgan fingerprint density at radius 1 is 0.919 bits per heavy atom. The molecule has 0 N–H and O–H groups in total. The van der Waals surface area contributed by atoms with E-state index >= 15 is 0 Å². The minimum atomic E-state index is -0.288. The molecular weight excluding hydrogens is 468 g/mol. The summed E-state index contributed by atoms with van der Waals surface area (Å²) in [7, 11) is 0. The first-order chi connectivity index (χ1) is 17.5. The fourth-order valence-corrected chi connectivity index (χ4v) is 8.96. The van der Waals surface area contributed by atoms with Gasteiger partial charge in [-0.15, -0.1) is 0 Å². The van der Waals surface area contributed by atoms with Crippen LogP contribution < -0.4 is 0 Å². The van der Waals surface area contributed by atoms with Crippen LogP contribution >= 0.6 is 0 Å². The summed E-state index contributed by atoms with van der Waals surface area (Å²) in [6.45, 7) is 12.2. The summed E-state index contributed by atoms with van der Waals surface area (Å²) >= 11 is 0. The summed E-state index contributed by atoms with van der Waals surface area (Å²) in [6, 6.07) is 0. The minimum absolute atomic E-state index is 0.00763. The lowest BCUT2D eigenvalue weighted by Gasteiger charge is -2.61. The molecule has 7 rings (SSSR count). The van der Waals surface area contributed by atoms with Crippen molar-refractivity contribution < 1.29 is 28.6 Å². The molecular formula is C31H48O6. The molecule has 7 unspecified atom stereocenters. The maximum Gasteiger partial charge on any atom is 0.309 e. The van der Waals surface area contributed by atoms with Crippen LogP contribution in [0.1, 0.15) is 106 Å². The summed E-state index contributed by atoms with van der Waals surface area (Å²) < 4.78 is 16.9. The van der Waals surface area contributed by atoms with Gasteiger partial charge in [0.1, 0.15) is 17.8 Å². The molecule has 0 aromatic heterocycles. The number of fused-ring (bicyclic) bond motifs is 1. The van der Waals surface area contributed by atoms with Crippen molar-refractivity contribution >= 4 is 17.9 Å². The molecule has 6 saturated carbocycles. The van der Waals surface area contributed by atoms with Crippen molar-refractivity contribution in [3.8, 4) is 0 Å². The quantitative estimate of drug-likeness (QED) is 0.301. The third kappa shape index (κ3) is 4.73. The van der Waals surface area contributed by atoms with E-state index in [1.165, 1.54) is 38.5 Å². The van der Waals surface area contributed by atoms with Crippen molar-refractivity contribution in [2.24, 2.45) is 52.8 Å². The number of esters is 3. The molecule has 6 bridgehead atoms. The lowest BCUT2D eigenvalue weighted by molar-refractivity contribution is -0.201. The SMILES string of the molecule is CCC(C)C(=O)OC(C)(C)C12CC3CC(CC(C3)C1)C2.CCC(C)C(=O)OC1C2CC3C(=O)OC1C3C2. The standard InChI is InChI=1S/C18H30O2.C13H18O4/c1-5-12(2)16(19)20-17(3,4)18-9-13-6-14(10-18)8-15(7-13)11-18;1-3-6(2)12(14)16-10-7-4-8-9(5-7)13(15)17-11(8)10/h12-15H,5-11H2,1-4H3;6-11H,3-5H2,1-2H3. The van der Waals surface area contributed by atoms with Gasteiger partial charge in [0.25, 0.3) is 0 Å². The third-order valence-electron chi connectivity index (χ3n) is 11.4. The highest BCUT2D eigenvalue weighted by Gasteiger charge is 2.63. The molecule has 37 heavy (non-hydrogen) atoms. The second-order valence-electron chi connectivity index (χ2n) is 14.1. The topological polar surface area (TPSA) is 78.9 Å². The summed E-state index contributed by atoms with van der Waals surface area (Å²) in [5.74, 6) is 3.20. The number of rotatable bonds is 7. The van der Waals surface area contributed by atoms with E-state index in [2.05, 4.69) is 20.8 Å². The number of carbonyl (C=O) groups is 3. The Labute approximate surface area is 222 Å². The minimum Gasteiger partial charge on any atom is -0.459 e. The van der Waals surface area contributed by atoms with Crippen molar-refractivity contribution in [2.45, 2.75) is 124 Å². The molecule has 208 valence electrons. The third-order valence-corrected chi connectivity index (χ3v) is 11.4. The van der Waals surface area contributed by atoms with Gasteiger partial charge in [-0.05, 0) is 95.8 Å². The van der Waals surface area contributed by atoms with E-state index in [0.717, 1.165) is 43.4 Å². The van der Waals surface area contributed by atoms with Crippen LogP contribution in [0, 0.1) is 52.8 Å². The monoisotopic (exact) mass is 516 g/mol. The maximum atomic E-state index is 12.3. The fourth-order valence-electron chi connectivity index (χ4n) is 8.96. The van der Waals surface area contributed by atoms with E-state index in [1.807, 2.05) is 20.8 Å². The average molecular weight is 517 g/mol. The van der Waals surface area contributed by atoms with Crippen molar-refractivity contribution in [1.82, 2.24) is 0 Å². The highest BCUT2D eigenvalue weighted by Crippen LogP contribution is 2.64. The molecule has 1 heterocycles. The van der Waals surface area contributed by atoms with Gasteiger partial charge in [0.05, 0.1) is 17.8 Å². The highest BCUT2D eigenvalue weighted by molar-refractivity contribution is 5.77. The second kappa shape index (κ2) is 9.86. The predicted molar refractivity (Wildman–Crippen MR) is 139 cm³/mol. The zero-order chi connectivity index (χ0) is 26.7. The number of hydrogen-bond donors (Lipinski definition) is 0. The van der Waals surface area contributed by atoms with Crippen LogP contribution in [0.3, 0.4) is 0 Å². The van der Waals surface area contributed by atoms with E-state index < -0.39 is 0 Å². The van der Waals surface area contributed by atoms with Gasteiger partial charge in [-0.3, -0.25) is 14.4 Å². The van der Waals surface area contributed by atoms with Crippen molar-refractivity contribution in [2.75, 3.05) is 0 Å². The number of ether oxygens (including phenoxy) is 3. The maximum absolute atomic E-state index is 12.3. The number of hydrogen-bond acceptors (Lipinski definition) is 6. The Kier molecular flexibility index (Phi) is 7.19. The van der Waals surface area contributed by atoms with Crippen LogP contribution in [0.4, 0.5) is 0 Å². The van der Waals surface area contributed by atoms with Crippen molar-refractivity contribution in [3.05, 3.63) is 0 Å². The normalized spacial score (nSPS) is 42.1. The Balaban J connectivity index is 0.000000153. The molecule has 1 aliphatic heterocycles. The molecule has 6 heteroatoms. The van der Waals surface area contributed by atoms with Crippen LogP contribution in [0.2, 0.25) is 0 Å². The van der Waals surface area contributed by atoms with E-state index in [1.54, 1.807) is 0 Å². The van der Waals surface area contributed by atoms with Crippen LogP contribution in [-0.4, -0.2) is 35.7 Å². The summed E-state index contributed by atoms with van der Waals surface area (Å²) in [5.41, 5.74) is -0.0194. The van der Waals surface area contributed by atoms with Crippen LogP contribution in [0.15, 0.2) is 0 Å². The van der Waals surface area contributed by atoms with Crippen LogP contribution in [0.5, 0.6) is 0 Å². The van der Waals surface area contributed by atoms with Gasteiger partial charge in [0.15, 0.2) is 0 Å². The molecule has 0 spiro atoms. The first-order valence-electron chi connectivity index (χ1n) is 15.1. The van der Waals surface area contributed by atoms with Crippen LogP contribution in [-0.2, 0) is 28.6 Å². The zero-order valence-electron chi connectivity index (χ0n) is 23.8. The largest absolute Gasteiger partial charge is 0.459 e. The van der Waals surface area contributed by atoms with Gasteiger partial charge >= 0.3 is 17.9 Å². The summed E-state index contributed by atoms with van der Waals surface area (Å²) in [6.07, 6.45) is 11.3. The Bertz CT molecular complexity index is 872. The van der Waals surface area contributed by atoms with Crippen LogP contribution in [0.25, 0.3) is 0 Å². The molecule has 0 aromatic rings. The Hall–Kier alpha value is -1.59. The van der Waals surface area contributed by atoms with Gasteiger partial charge in [0, 0.05) is 17.3 Å². The first kappa shape index (κ1) is 27.0. The van der Waals surface area contributed by atoms with Gasteiger partial charge < -0.3 is 14.2 Å². The predicted octanol–water partition coefficient (Wildman–Crippen LogP) is 6.10. The molecule has 7 atom stereocenters. The lowest BCUT2D eigenvalue weighted by atomic mass is 9.46. The second-order valence-corrected chi connectivity index (χ2v) is 14.1. The average Bonchev–Trinajstić information content (AvgIpc) is 3.47. The van der Waals surface area contributed by atoms with Gasteiger partial charge in [-0.2, -0.15) is 0 Å². The van der Waals surface area contributed by atoms with Gasteiger partial charge in [0.2, 0.25) is 0 Å². The van der Waals surface area contributed by atoms with E-state index in [0.29, 0.717) is 11.8 Å². The van der Waals surface area contributed by atoms with E-state index in [4.69, 9.17) is 14.2 Å². The Morgan fingerprint density at radius 3 is 2.00 bits per heavy atom. The fraction of sp³-hybridized carbons (Fsp3) is 0.903. The van der Waals surface area contributed by atoms with Gasteiger partial charge in [-0.25, -0.2) is 0 Å². The number of carbonyl (C=O) groups excluding carboxylic acids is 3. The molecule has 0 amide bonds. The molecule has 0 radical (unpaired) electrons.